The average Bonchev–Trinajstić information content (AvgIpc) is 2.29. The van der Waals surface area contributed by atoms with Crippen molar-refractivity contribution < 1.29 is 0 Å². The highest BCUT2D eigenvalue weighted by Gasteiger charge is 2.19. The Bertz CT molecular complexity index is 467. The molecule has 0 aliphatic heterocycles. The van der Waals surface area contributed by atoms with Crippen LogP contribution in [0.4, 0.5) is 0 Å². The van der Waals surface area contributed by atoms with Gasteiger partial charge in [0.2, 0.25) is 0 Å². The van der Waals surface area contributed by atoms with E-state index >= 15 is 0 Å². The number of hydrogen-bond acceptors (Lipinski definition) is 2. The van der Waals surface area contributed by atoms with Crippen LogP contribution < -0.4 is 10.9 Å². The first kappa shape index (κ1) is 16.0. The summed E-state index contributed by atoms with van der Waals surface area (Å²) in [6, 6.07) is 4.07. The van der Waals surface area contributed by atoms with E-state index in [9.17, 15) is 4.79 Å². The molecule has 0 saturated heterocycles. The van der Waals surface area contributed by atoms with Gasteiger partial charge in [0.05, 0.1) is 0 Å². The van der Waals surface area contributed by atoms with Crippen LogP contribution in [0.15, 0.2) is 16.9 Å². The largest absolute Gasteiger partial charge is 0.312 e. The first-order chi connectivity index (χ1) is 8.77. The van der Waals surface area contributed by atoms with Crippen molar-refractivity contribution in [1.29, 1.82) is 0 Å². The first-order valence-corrected chi connectivity index (χ1v) is 7.21. The van der Waals surface area contributed by atoms with E-state index in [1.54, 1.807) is 0 Å². The highest BCUT2D eigenvalue weighted by atomic mass is 16.1. The van der Waals surface area contributed by atoms with Gasteiger partial charge >= 0.3 is 0 Å². The van der Waals surface area contributed by atoms with E-state index in [2.05, 4.69) is 46.0 Å². The summed E-state index contributed by atoms with van der Waals surface area (Å²) in [5.41, 5.74) is 2.10. The molecule has 0 aliphatic rings. The van der Waals surface area contributed by atoms with Crippen LogP contribution in [-0.2, 0) is 18.5 Å². The highest BCUT2D eigenvalue weighted by molar-refractivity contribution is 5.21. The molecule has 3 nitrogen and oxygen atoms in total. The Balaban J connectivity index is 3.02. The molecule has 19 heavy (non-hydrogen) atoms. The summed E-state index contributed by atoms with van der Waals surface area (Å²) in [4.78, 5) is 12.5. The molecule has 0 spiro atoms. The second-order valence-corrected chi connectivity index (χ2v) is 6.57. The number of pyridine rings is 1. The normalized spacial score (nSPS) is 12.2. The second kappa shape index (κ2) is 6.38. The van der Waals surface area contributed by atoms with E-state index in [1.165, 1.54) is 0 Å². The van der Waals surface area contributed by atoms with Crippen molar-refractivity contribution in [1.82, 2.24) is 9.88 Å². The van der Waals surface area contributed by atoms with Gasteiger partial charge in [0, 0.05) is 29.8 Å². The number of nitrogens with one attached hydrogen (secondary N) is 1. The van der Waals surface area contributed by atoms with E-state index in [0.29, 0.717) is 12.5 Å². The van der Waals surface area contributed by atoms with Gasteiger partial charge in [-0.1, -0.05) is 40.7 Å². The quantitative estimate of drug-likeness (QED) is 0.887. The van der Waals surface area contributed by atoms with Gasteiger partial charge in [0.15, 0.2) is 0 Å². The maximum absolute atomic E-state index is 12.5. The Hall–Kier alpha value is -1.09. The van der Waals surface area contributed by atoms with Crippen molar-refractivity contribution in [2.45, 2.75) is 60.0 Å². The standard InChI is InChI=1S/C16H28N2O/c1-7-18-14(16(4,5)6)9-8-13(15(18)19)11-17-10-12(2)3/h8-9,12,17H,7,10-11H2,1-6H3. The lowest BCUT2D eigenvalue weighted by molar-refractivity contribution is 0.504. The van der Waals surface area contributed by atoms with Crippen LogP contribution in [0, 0.1) is 5.92 Å². The van der Waals surface area contributed by atoms with Crippen LogP contribution in [0.3, 0.4) is 0 Å². The molecule has 0 amide bonds. The molecule has 1 rings (SSSR count). The molecule has 0 aliphatic carbocycles. The molecule has 1 heterocycles. The molecule has 0 bridgehead atoms. The van der Waals surface area contributed by atoms with Gasteiger partial charge in [0.1, 0.15) is 0 Å². The summed E-state index contributed by atoms with van der Waals surface area (Å²) in [7, 11) is 0. The van der Waals surface area contributed by atoms with Crippen LogP contribution in [-0.4, -0.2) is 11.1 Å². The highest BCUT2D eigenvalue weighted by Crippen LogP contribution is 2.21. The molecule has 3 heteroatoms. The zero-order valence-electron chi connectivity index (χ0n) is 13.2. The van der Waals surface area contributed by atoms with Crippen molar-refractivity contribution in [2.24, 2.45) is 5.92 Å². The summed E-state index contributed by atoms with van der Waals surface area (Å²) in [6.45, 7) is 15.1. The maximum Gasteiger partial charge on any atom is 0.255 e. The van der Waals surface area contributed by atoms with Crippen molar-refractivity contribution in [3.8, 4) is 0 Å². The number of hydrogen-bond donors (Lipinski definition) is 1. The third kappa shape index (κ3) is 4.20. The minimum atomic E-state index is -0.000931. The van der Waals surface area contributed by atoms with Gasteiger partial charge < -0.3 is 9.88 Å². The predicted molar refractivity (Wildman–Crippen MR) is 81.6 cm³/mol. The molecular weight excluding hydrogens is 236 g/mol. The molecule has 0 unspecified atom stereocenters. The van der Waals surface area contributed by atoms with Crippen molar-refractivity contribution in [3.63, 3.8) is 0 Å². The van der Waals surface area contributed by atoms with Gasteiger partial charge in [-0.25, -0.2) is 0 Å². The fraction of sp³-hybridized carbons (Fsp3) is 0.688. The lowest BCUT2D eigenvalue weighted by Crippen LogP contribution is -2.33. The molecule has 0 fully saturated rings. The summed E-state index contributed by atoms with van der Waals surface area (Å²) in [5.74, 6) is 0.599. The average molecular weight is 264 g/mol. The van der Waals surface area contributed by atoms with Crippen molar-refractivity contribution in [3.05, 3.63) is 33.7 Å². The minimum Gasteiger partial charge on any atom is -0.312 e. The zero-order valence-corrected chi connectivity index (χ0v) is 13.2. The molecule has 0 radical (unpaired) electrons. The second-order valence-electron chi connectivity index (χ2n) is 6.57. The molecule has 1 aromatic rings. The molecule has 0 saturated carbocycles. The van der Waals surface area contributed by atoms with E-state index in [0.717, 1.165) is 24.3 Å². The fourth-order valence-electron chi connectivity index (χ4n) is 2.22. The predicted octanol–water partition coefficient (Wildman–Crippen LogP) is 2.91. The molecule has 1 aromatic heterocycles. The minimum absolute atomic E-state index is 0.000931. The van der Waals surface area contributed by atoms with Gasteiger partial charge in [-0.3, -0.25) is 4.79 Å². The summed E-state index contributed by atoms with van der Waals surface area (Å²) in [5, 5.41) is 3.34. The Morgan fingerprint density at radius 3 is 2.37 bits per heavy atom. The molecule has 0 aromatic carbocycles. The van der Waals surface area contributed by atoms with Crippen molar-refractivity contribution in [2.75, 3.05) is 6.54 Å². The lowest BCUT2D eigenvalue weighted by Gasteiger charge is -2.24. The lowest BCUT2D eigenvalue weighted by atomic mass is 9.90. The third-order valence-corrected chi connectivity index (χ3v) is 3.21. The Labute approximate surface area is 117 Å². The number of rotatable bonds is 5. The third-order valence-electron chi connectivity index (χ3n) is 3.21. The van der Waals surface area contributed by atoms with Crippen LogP contribution in [0.1, 0.15) is 52.8 Å². The van der Waals surface area contributed by atoms with Gasteiger partial charge in [-0.2, -0.15) is 0 Å². The smallest absolute Gasteiger partial charge is 0.255 e. The SMILES string of the molecule is CCn1c(C(C)(C)C)ccc(CNCC(C)C)c1=O. The van der Waals surface area contributed by atoms with Crippen LogP contribution in [0.25, 0.3) is 0 Å². The number of aromatic nitrogens is 1. The van der Waals surface area contributed by atoms with Gasteiger partial charge in [0.25, 0.3) is 5.56 Å². The summed E-state index contributed by atoms with van der Waals surface area (Å²) < 4.78 is 1.90. The molecule has 108 valence electrons. The van der Waals surface area contributed by atoms with E-state index in [1.807, 2.05) is 17.6 Å². The number of nitrogens with zero attached hydrogens (tertiary/aromatic N) is 1. The molecule has 0 atom stereocenters. The van der Waals surface area contributed by atoms with E-state index in [-0.39, 0.29) is 11.0 Å². The summed E-state index contributed by atoms with van der Waals surface area (Å²) >= 11 is 0. The zero-order chi connectivity index (χ0) is 14.6. The van der Waals surface area contributed by atoms with Gasteiger partial charge in [-0.05, 0) is 25.5 Å². The van der Waals surface area contributed by atoms with E-state index < -0.39 is 0 Å². The Morgan fingerprint density at radius 2 is 1.89 bits per heavy atom. The molecule has 1 N–H and O–H groups in total. The topological polar surface area (TPSA) is 34.0 Å². The maximum atomic E-state index is 12.5. The Kier molecular flexibility index (Phi) is 5.36. The van der Waals surface area contributed by atoms with Gasteiger partial charge in [-0.15, -0.1) is 0 Å². The van der Waals surface area contributed by atoms with Crippen LogP contribution >= 0.6 is 0 Å². The first-order valence-electron chi connectivity index (χ1n) is 7.21. The summed E-state index contributed by atoms with van der Waals surface area (Å²) in [6.07, 6.45) is 0. The van der Waals surface area contributed by atoms with Crippen LogP contribution in [0.5, 0.6) is 0 Å². The fourth-order valence-corrected chi connectivity index (χ4v) is 2.22. The molecular formula is C16H28N2O. The monoisotopic (exact) mass is 264 g/mol. The van der Waals surface area contributed by atoms with Crippen molar-refractivity contribution >= 4 is 0 Å². The van der Waals surface area contributed by atoms with E-state index in [4.69, 9.17) is 0 Å². The Morgan fingerprint density at radius 1 is 1.26 bits per heavy atom. The van der Waals surface area contributed by atoms with Crippen LogP contribution in [0.2, 0.25) is 0 Å².